The molecule has 2 heterocycles. The van der Waals surface area contributed by atoms with Crippen LogP contribution in [-0.4, -0.2) is 29.7 Å². The number of benzene rings is 1. The van der Waals surface area contributed by atoms with Crippen molar-refractivity contribution >= 4 is 40.8 Å². The van der Waals surface area contributed by atoms with E-state index in [-0.39, 0.29) is 24.2 Å². The van der Waals surface area contributed by atoms with E-state index in [0.717, 1.165) is 0 Å². The molecule has 1 aliphatic rings. The van der Waals surface area contributed by atoms with Crippen molar-refractivity contribution in [1.82, 2.24) is 4.98 Å². The van der Waals surface area contributed by atoms with Gasteiger partial charge in [0.1, 0.15) is 24.0 Å². The average molecular weight is 411 g/mol. The van der Waals surface area contributed by atoms with Gasteiger partial charge in [-0.1, -0.05) is 23.2 Å². The smallest absolute Gasteiger partial charge is 0.283 e. The van der Waals surface area contributed by atoms with E-state index in [0.29, 0.717) is 21.3 Å². The van der Waals surface area contributed by atoms with Gasteiger partial charge in [-0.05, 0) is 37.3 Å². The van der Waals surface area contributed by atoms with E-state index in [1.807, 2.05) is 0 Å². The van der Waals surface area contributed by atoms with E-state index in [1.54, 1.807) is 31.2 Å². The first-order chi connectivity index (χ1) is 12.8. The molecule has 0 spiro atoms. The molecule has 0 saturated heterocycles. The van der Waals surface area contributed by atoms with E-state index in [2.05, 4.69) is 15.3 Å². The quantitative estimate of drug-likeness (QED) is 0.798. The van der Waals surface area contributed by atoms with Crippen LogP contribution in [0.15, 0.2) is 41.5 Å². The maximum atomic E-state index is 14.1. The second-order valence-corrected chi connectivity index (χ2v) is 7.10. The second-order valence-electron chi connectivity index (χ2n) is 6.26. The number of nitrogens with one attached hydrogen (secondary N) is 1. The van der Waals surface area contributed by atoms with Gasteiger partial charge in [-0.2, -0.15) is 0 Å². The third kappa shape index (κ3) is 4.14. The fourth-order valence-corrected chi connectivity index (χ4v) is 3.40. The molecular weight excluding hydrogens is 394 g/mol. The SMILES string of the molecule is C[C@H]1C[C@](CF)(c2cc(NC(=O)c3ccc(Cl)cn3)ccc2Cl)N=C(N)O1. The summed E-state index contributed by atoms with van der Waals surface area (Å²) in [6, 6.07) is 7.75. The Labute approximate surface area is 165 Å². The van der Waals surface area contributed by atoms with Crippen molar-refractivity contribution in [2.24, 2.45) is 10.7 Å². The zero-order chi connectivity index (χ0) is 19.6. The Morgan fingerprint density at radius 3 is 2.81 bits per heavy atom. The van der Waals surface area contributed by atoms with Gasteiger partial charge in [-0.25, -0.2) is 14.4 Å². The zero-order valence-electron chi connectivity index (χ0n) is 14.4. The summed E-state index contributed by atoms with van der Waals surface area (Å²) in [5.41, 5.74) is 5.48. The minimum atomic E-state index is -1.27. The molecule has 3 N–H and O–H groups in total. The Bertz CT molecular complexity index is 891. The summed E-state index contributed by atoms with van der Waals surface area (Å²) in [5.74, 6) is -0.433. The molecule has 0 fully saturated rings. The number of ether oxygens (including phenoxy) is 1. The molecule has 2 atom stereocenters. The van der Waals surface area contributed by atoms with Crippen LogP contribution in [-0.2, 0) is 10.3 Å². The predicted octanol–water partition coefficient (Wildman–Crippen LogP) is 3.93. The highest BCUT2D eigenvalue weighted by Gasteiger charge is 2.40. The van der Waals surface area contributed by atoms with Gasteiger partial charge in [-0.3, -0.25) is 4.79 Å². The number of alkyl halides is 1. The number of amidine groups is 1. The number of hydrogen-bond acceptors (Lipinski definition) is 5. The number of anilines is 1. The highest BCUT2D eigenvalue weighted by molar-refractivity contribution is 6.31. The van der Waals surface area contributed by atoms with Gasteiger partial charge in [-0.15, -0.1) is 0 Å². The van der Waals surface area contributed by atoms with E-state index < -0.39 is 18.1 Å². The van der Waals surface area contributed by atoms with E-state index in [9.17, 15) is 9.18 Å². The molecule has 0 aliphatic carbocycles. The molecule has 1 aromatic heterocycles. The summed E-state index contributed by atoms with van der Waals surface area (Å²) in [5, 5.41) is 3.46. The molecule has 142 valence electrons. The summed E-state index contributed by atoms with van der Waals surface area (Å²) in [6.45, 7) is 0.967. The van der Waals surface area contributed by atoms with Crippen molar-refractivity contribution in [1.29, 1.82) is 0 Å². The number of pyridine rings is 1. The topological polar surface area (TPSA) is 89.6 Å². The lowest BCUT2D eigenvalue weighted by molar-refractivity contribution is 0.102. The minimum absolute atomic E-state index is 0.0951. The van der Waals surface area contributed by atoms with Crippen molar-refractivity contribution < 1.29 is 13.9 Å². The number of aliphatic imine (C=N–C) groups is 1. The summed E-state index contributed by atoms with van der Waals surface area (Å²) < 4.78 is 19.4. The Morgan fingerprint density at radius 2 is 2.19 bits per heavy atom. The largest absolute Gasteiger partial charge is 0.462 e. The molecular formula is C18H17Cl2FN4O2. The zero-order valence-corrected chi connectivity index (χ0v) is 15.9. The number of rotatable bonds is 4. The third-order valence-electron chi connectivity index (χ3n) is 4.18. The molecule has 0 radical (unpaired) electrons. The van der Waals surface area contributed by atoms with Gasteiger partial charge in [0.2, 0.25) is 0 Å². The Balaban J connectivity index is 1.93. The number of hydrogen-bond donors (Lipinski definition) is 2. The van der Waals surface area contributed by atoms with Gasteiger partial charge in [0.15, 0.2) is 0 Å². The van der Waals surface area contributed by atoms with E-state index >= 15 is 0 Å². The van der Waals surface area contributed by atoms with Crippen LogP contribution >= 0.6 is 23.2 Å². The minimum Gasteiger partial charge on any atom is -0.462 e. The maximum Gasteiger partial charge on any atom is 0.283 e. The average Bonchev–Trinajstić information content (AvgIpc) is 2.62. The standard InChI is InChI=1S/C18H17Cl2FN4O2/c1-10-7-18(9-21,25-17(22)27-10)13-6-12(3-4-14(13)20)24-16(26)15-5-2-11(19)8-23-15/h2-6,8,10H,7,9H2,1H3,(H2,22,25)(H,24,26)/t10-,18-/m0/s1. The molecule has 27 heavy (non-hydrogen) atoms. The second kappa shape index (κ2) is 7.70. The lowest BCUT2D eigenvalue weighted by Crippen LogP contribution is -2.41. The van der Waals surface area contributed by atoms with Gasteiger partial charge in [0.25, 0.3) is 11.9 Å². The lowest BCUT2D eigenvalue weighted by atomic mass is 9.85. The molecule has 1 aromatic carbocycles. The van der Waals surface area contributed by atoms with Gasteiger partial charge < -0.3 is 15.8 Å². The van der Waals surface area contributed by atoms with E-state index in [4.69, 9.17) is 33.7 Å². The molecule has 0 unspecified atom stereocenters. The number of nitrogens with two attached hydrogens (primary N) is 1. The fourth-order valence-electron chi connectivity index (χ4n) is 3.00. The maximum absolute atomic E-state index is 14.1. The van der Waals surface area contributed by atoms with Crippen LogP contribution in [0.3, 0.4) is 0 Å². The van der Waals surface area contributed by atoms with Crippen molar-refractivity contribution in [3.8, 4) is 0 Å². The number of amides is 1. The highest BCUT2D eigenvalue weighted by atomic mass is 35.5. The van der Waals surface area contributed by atoms with Crippen LogP contribution in [0.1, 0.15) is 29.4 Å². The normalized spacial score (nSPS) is 21.9. The van der Waals surface area contributed by atoms with Crippen molar-refractivity contribution in [3.63, 3.8) is 0 Å². The molecule has 2 aromatic rings. The van der Waals surface area contributed by atoms with Crippen LogP contribution in [0.25, 0.3) is 0 Å². The molecule has 3 rings (SSSR count). The Hall–Kier alpha value is -2.38. The molecule has 0 bridgehead atoms. The van der Waals surface area contributed by atoms with Gasteiger partial charge >= 0.3 is 0 Å². The van der Waals surface area contributed by atoms with Crippen LogP contribution < -0.4 is 11.1 Å². The van der Waals surface area contributed by atoms with E-state index in [1.165, 1.54) is 12.3 Å². The summed E-state index contributed by atoms with van der Waals surface area (Å²) in [4.78, 5) is 20.5. The highest BCUT2D eigenvalue weighted by Crippen LogP contribution is 2.40. The fraction of sp³-hybridized carbons (Fsp3) is 0.278. The van der Waals surface area contributed by atoms with Crippen molar-refractivity contribution in [2.75, 3.05) is 12.0 Å². The Morgan fingerprint density at radius 1 is 1.41 bits per heavy atom. The molecule has 0 saturated carbocycles. The monoisotopic (exact) mass is 410 g/mol. The first-order valence-electron chi connectivity index (χ1n) is 8.14. The van der Waals surface area contributed by atoms with Crippen LogP contribution in [0.2, 0.25) is 10.0 Å². The summed E-state index contributed by atoms with van der Waals surface area (Å²) in [7, 11) is 0. The molecule has 1 aliphatic heterocycles. The van der Waals surface area contributed by atoms with Crippen LogP contribution in [0, 0.1) is 0 Å². The summed E-state index contributed by atoms with van der Waals surface area (Å²) in [6.07, 6.45) is 1.31. The first-order valence-corrected chi connectivity index (χ1v) is 8.89. The lowest BCUT2D eigenvalue weighted by Gasteiger charge is -2.35. The van der Waals surface area contributed by atoms with Crippen LogP contribution in [0.4, 0.5) is 10.1 Å². The summed E-state index contributed by atoms with van der Waals surface area (Å²) >= 11 is 12.1. The number of aromatic nitrogens is 1. The molecule has 1 amide bonds. The predicted molar refractivity (Wildman–Crippen MR) is 103 cm³/mol. The number of halogens is 3. The number of carbonyl (C=O) groups excluding carboxylic acids is 1. The Kier molecular flexibility index (Phi) is 5.53. The molecule has 6 nitrogen and oxygen atoms in total. The van der Waals surface area contributed by atoms with Crippen LogP contribution in [0.5, 0.6) is 0 Å². The number of carbonyl (C=O) groups is 1. The van der Waals surface area contributed by atoms with Gasteiger partial charge in [0, 0.05) is 28.9 Å². The first kappa shape index (κ1) is 19.4. The number of nitrogens with zero attached hydrogens (tertiary/aromatic N) is 2. The molecule has 9 heteroatoms. The van der Waals surface area contributed by atoms with Crippen molar-refractivity contribution in [3.05, 3.63) is 57.8 Å². The van der Waals surface area contributed by atoms with Crippen molar-refractivity contribution in [2.45, 2.75) is 25.0 Å². The van der Waals surface area contributed by atoms with Gasteiger partial charge in [0.05, 0.1) is 5.02 Å². The third-order valence-corrected chi connectivity index (χ3v) is 4.73.